The minimum atomic E-state index is -0.754. The van der Waals surface area contributed by atoms with Gasteiger partial charge in [-0.25, -0.2) is 4.39 Å². The highest BCUT2D eigenvalue weighted by molar-refractivity contribution is 5.83. The average molecular weight is 587 g/mol. The van der Waals surface area contributed by atoms with E-state index < -0.39 is 5.41 Å². The first-order chi connectivity index (χ1) is 21.5. The summed E-state index contributed by atoms with van der Waals surface area (Å²) in [6.07, 6.45) is 8.05. The average Bonchev–Trinajstić information content (AvgIpc) is 3.79. The van der Waals surface area contributed by atoms with Gasteiger partial charge in [-0.15, -0.1) is 0 Å². The van der Waals surface area contributed by atoms with Crippen molar-refractivity contribution >= 4 is 11.9 Å². The third-order valence-electron chi connectivity index (χ3n) is 10.5. The largest absolute Gasteiger partial charge is 0.426 e. The Labute approximate surface area is 257 Å². The Bertz CT molecular complexity index is 1710. The van der Waals surface area contributed by atoms with Gasteiger partial charge in [0.25, 0.3) is 0 Å². The van der Waals surface area contributed by atoms with Crippen LogP contribution in [0.15, 0.2) is 84.9 Å². The number of hydrogen-bond donors (Lipinski definition) is 0. The molecule has 4 aromatic rings. The van der Waals surface area contributed by atoms with Gasteiger partial charge in [0.05, 0.1) is 17.3 Å². The van der Waals surface area contributed by atoms with Gasteiger partial charge in [-0.1, -0.05) is 86.3 Å². The highest BCUT2D eigenvalue weighted by atomic mass is 19.1. The molecule has 0 atom stereocenters. The summed E-state index contributed by atoms with van der Waals surface area (Å²) in [6, 6.07) is 27.2. The van der Waals surface area contributed by atoms with Crippen LogP contribution in [0.25, 0.3) is 0 Å². The lowest BCUT2D eigenvalue weighted by atomic mass is 9.51. The zero-order chi connectivity index (χ0) is 29.8. The molecule has 9 rings (SSSR count). The highest BCUT2D eigenvalue weighted by Gasteiger charge is 2.54. The van der Waals surface area contributed by atoms with Crippen molar-refractivity contribution in [3.8, 4) is 11.5 Å². The summed E-state index contributed by atoms with van der Waals surface area (Å²) in [4.78, 5) is 27.1. The molecule has 5 aliphatic carbocycles. The molecule has 5 heteroatoms. The molecule has 222 valence electrons. The fourth-order valence-corrected chi connectivity index (χ4v) is 8.54. The van der Waals surface area contributed by atoms with Crippen LogP contribution in [-0.4, -0.2) is 11.9 Å². The number of carbonyl (C=O) groups excluding carboxylic acids is 2. The van der Waals surface area contributed by atoms with Crippen molar-refractivity contribution in [2.45, 2.75) is 69.1 Å². The summed E-state index contributed by atoms with van der Waals surface area (Å²) >= 11 is 0. The van der Waals surface area contributed by atoms with Crippen LogP contribution in [-0.2, 0) is 21.4 Å². The van der Waals surface area contributed by atoms with Crippen molar-refractivity contribution in [1.82, 2.24) is 0 Å². The van der Waals surface area contributed by atoms with Gasteiger partial charge in [-0.2, -0.15) is 0 Å². The van der Waals surface area contributed by atoms with Gasteiger partial charge in [0, 0.05) is 17.0 Å². The molecule has 0 amide bonds. The lowest BCUT2D eigenvalue weighted by Gasteiger charge is -2.51. The van der Waals surface area contributed by atoms with Gasteiger partial charge in [-0.05, 0) is 84.2 Å². The summed E-state index contributed by atoms with van der Waals surface area (Å²) in [5.41, 5.74) is 6.56. The van der Waals surface area contributed by atoms with Gasteiger partial charge >= 0.3 is 11.9 Å². The van der Waals surface area contributed by atoms with Gasteiger partial charge in [0.2, 0.25) is 0 Å². The normalized spacial score (nSPS) is 21.9. The second-order valence-electron chi connectivity index (χ2n) is 13.0. The maximum atomic E-state index is 14.1. The SMILES string of the molecule is O=C(Oc1ccc(OC(=O)C2CCCC2)c2c1C1c3ccccc3C2(Cc2ccc(F)cc2)c2ccccc21)C1CCCC1. The van der Waals surface area contributed by atoms with Gasteiger partial charge in [0.15, 0.2) is 0 Å². The van der Waals surface area contributed by atoms with E-state index in [9.17, 15) is 14.0 Å². The van der Waals surface area contributed by atoms with E-state index in [0.717, 1.165) is 90.3 Å². The summed E-state index contributed by atoms with van der Waals surface area (Å²) in [5, 5.41) is 0. The molecule has 4 nitrogen and oxygen atoms in total. The lowest BCUT2D eigenvalue weighted by Crippen LogP contribution is -2.44. The molecule has 0 radical (unpaired) electrons. The summed E-state index contributed by atoms with van der Waals surface area (Å²) < 4.78 is 26.8. The van der Waals surface area contributed by atoms with Crippen LogP contribution in [0.1, 0.15) is 96.2 Å². The molecule has 2 fully saturated rings. The lowest BCUT2D eigenvalue weighted by molar-refractivity contribution is -0.139. The van der Waals surface area contributed by atoms with Gasteiger partial charge in [0.1, 0.15) is 17.3 Å². The molecule has 0 heterocycles. The fourth-order valence-electron chi connectivity index (χ4n) is 8.54. The van der Waals surface area contributed by atoms with E-state index in [1.54, 1.807) is 0 Å². The molecule has 5 aliphatic rings. The third-order valence-corrected chi connectivity index (χ3v) is 10.5. The quantitative estimate of drug-likeness (QED) is 0.168. The van der Waals surface area contributed by atoms with Crippen molar-refractivity contribution in [3.63, 3.8) is 0 Å². The minimum absolute atomic E-state index is 0.0981. The van der Waals surface area contributed by atoms with Crippen molar-refractivity contribution < 1.29 is 23.5 Å². The van der Waals surface area contributed by atoms with Crippen LogP contribution < -0.4 is 9.47 Å². The van der Waals surface area contributed by atoms with E-state index in [2.05, 4.69) is 48.5 Å². The Hall–Kier alpha value is -4.25. The summed E-state index contributed by atoms with van der Waals surface area (Å²) in [5.74, 6) is -0.00541. The van der Waals surface area contributed by atoms with Crippen LogP contribution in [0.4, 0.5) is 4.39 Å². The fraction of sp³-hybridized carbons (Fsp3) is 0.333. The zero-order valence-corrected chi connectivity index (χ0v) is 24.7. The number of hydrogen-bond acceptors (Lipinski definition) is 4. The number of benzene rings is 4. The van der Waals surface area contributed by atoms with Crippen molar-refractivity contribution in [2.24, 2.45) is 11.8 Å². The van der Waals surface area contributed by atoms with Crippen LogP contribution in [0.5, 0.6) is 11.5 Å². The molecule has 0 N–H and O–H groups in total. The second-order valence-corrected chi connectivity index (χ2v) is 13.0. The molecule has 2 bridgehead atoms. The topological polar surface area (TPSA) is 52.6 Å². The Morgan fingerprint density at radius 1 is 0.659 bits per heavy atom. The molecule has 44 heavy (non-hydrogen) atoms. The van der Waals surface area contributed by atoms with Crippen molar-refractivity contribution in [2.75, 3.05) is 0 Å². The van der Waals surface area contributed by atoms with Crippen LogP contribution in [0.2, 0.25) is 0 Å². The van der Waals surface area contributed by atoms with Gasteiger partial charge < -0.3 is 9.47 Å². The van der Waals surface area contributed by atoms with Crippen LogP contribution in [0.3, 0.4) is 0 Å². The number of rotatable bonds is 6. The van der Waals surface area contributed by atoms with E-state index in [-0.39, 0.29) is 35.5 Å². The van der Waals surface area contributed by atoms with Crippen LogP contribution in [0, 0.1) is 17.7 Å². The van der Waals surface area contributed by atoms with Crippen LogP contribution >= 0.6 is 0 Å². The van der Waals surface area contributed by atoms with Crippen molar-refractivity contribution in [3.05, 3.63) is 130 Å². The molecular formula is C39H35FO4. The molecular weight excluding hydrogens is 551 g/mol. The maximum absolute atomic E-state index is 14.1. The standard InChI is InChI=1S/C39H35FO4/c40-27-19-17-24(18-20-27)23-39-30-15-7-5-13-28(30)34(29-14-6-8-16-31(29)39)35-32(43-37(41)25-9-1-2-10-25)21-22-33(36(35)39)44-38(42)26-11-3-4-12-26/h5-8,13-22,25-26,34H,1-4,9-12,23H2. The molecule has 4 aromatic carbocycles. The first kappa shape index (κ1) is 27.3. The molecule has 0 unspecified atom stereocenters. The molecule has 2 saturated carbocycles. The van der Waals surface area contributed by atoms with Crippen molar-refractivity contribution in [1.29, 1.82) is 0 Å². The molecule has 0 spiro atoms. The van der Waals surface area contributed by atoms with E-state index in [0.29, 0.717) is 17.9 Å². The zero-order valence-electron chi connectivity index (χ0n) is 24.7. The molecule has 0 aliphatic heterocycles. The summed E-state index contributed by atoms with van der Waals surface area (Å²) in [6.45, 7) is 0. The van der Waals surface area contributed by atoms with E-state index >= 15 is 0 Å². The number of halogens is 1. The number of esters is 2. The summed E-state index contributed by atoms with van der Waals surface area (Å²) in [7, 11) is 0. The predicted molar refractivity (Wildman–Crippen MR) is 165 cm³/mol. The third kappa shape index (κ3) is 4.23. The highest BCUT2D eigenvalue weighted by Crippen LogP contribution is 2.64. The second kappa shape index (κ2) is 10.7. The first-order valence-electron chi connectivity index (χ1n) is 16.1. The monoisotopic (exact) mass is 586 g/mol. The maximum Gasteiger partial charge on any atom is 0.314 e. The predicted octanol–water partition coefficient (Wildman–Crippen LogP) is 8.40. The number of ether oxygens (including phenoxy) is 2. The van der Waals surface area contributed by atoms with E-state index in [1.807, 2.05) is 24.3 Å². The Balaban J connectivity index is 1.38. The first-order valence-corrected chi connectivity index (χ1v) is 16.1. The van der Waals surface area contributed by atoms with E-state index in [1.165, 1.54) is 12.1 Å². The number of carbonyl (C=O) groups is 2. The Morgan fingerprint density at radius 3 is 1.73 bits per heavy atom. The molecule has 0 aromatic heterocycles. The molecule has 0 saturated heterocycles. The van der Waals surface area contributed by atoms with E-state index in [4.69, 9.17) is 9.47 Å². The van der Waals surface area contributed by atoms with Gasteiger partial charge in [-0.3, -0.25) is 9.59 Å². The minimum Gasteiger partial charge on any atom is -0.426 e. The Kier molecular flexibility index (Phi) is 6.66. The smallest absolute Gasteiger partial charge is 0.314 e. The Morgan fingerprint density at radius 2 is 1.16 bits per heavy atom.